The van der Waals surface area contributed by atoms with Gasteiger partial charge in [0.15, 0.2) is 0 Å². The van der Waals surface area contributed by atoms with Crippen molar-refractivity contribution in [1.29, 1.82) is 0 Å². The summed E-state index contributed by atoms with van der Waals surface area (Å²) >= 11 is 1.58. The van der Waals surface area contributed by atoms with Crippen molar-refractivity contribution < 1.29 is 14.3 Å². The van der Waals surface area contributed by atoms with Crippen LogP contribution in [0.4, 0.5) is 0 Å². The molecule has 1 aliphatic rings. The number of rotatable bonds is 5. The third-order valence-electron chi connectivity index (χ3n) is 4.31. The molecular weight excluding hydrogens is 336 g/mol. The van der Waals surface area contributed by atoms with Crippen molar-refractivity contribution >= 4 is 23.5 Å². The van der Waals surface area contributed by atoms with Gasteiger partial charge in [0.2, 0.25) is 0 Å². The second-order valence-electron chi connectivity index (χ2n) is 6.25. The number of aryl methyl sites for hydroxylation is 1. The van der Waals surface area contributed by atoms with E-state index < -0.39 is 0 Å². The molecule has 0 saturated carbocycles. The molecule has 0 aliphatic heterocycles. The Morgan fingerprint density at radius 3 is 2.64 bits per heavy atom. The van der Waals surface area contributed by atoms with Crippen LogP contribution in [0.5, 0.6) is 11.5 Å². The lowest BCUT2D eigenvalue weighted by molar-refractivity contribution is 0.0959. The van der Waals surface area contributed by atoms with E-state index in [0.29, 0.717) is 17.4 Å². The fourth-order valence-corrected chi connectivity index (χ4v) is 4.04. The van der Waals surface area contributed by atoms with Crippen molar-refractivity contribution in [3.63, 3.8) is 0 Å². The van der Waals surface area contributed by atoms with Gasteiger partial charge >= 0.3 is 0 Å². The monoisotopic (exact) mass is 358 g/mol. The molecule has 132 valence electrons. The van der Waals surface area contributed by atoms with Gasteiger partial charge in [-0.2, -0.15) is 5.10 Å². The highest BCUT2D eigenvalue weighted by atomic mass is 32.1. The number of hydrogen-bond acceptors (Lipinski definition) is 5. The molecule has 1 amide bonds. The van der Waals surface area contributed by atoms with Crippen LogP contribution in [0.3, 0.4) is 0 Å². The first-order chi connectivity index (χ1) is 12.1. The molecule has 3 rings (SSSR count). The third kappa shape index (κ3) is 4.20. The summed E-state index contributed by atoms with van der Waals surface area (Å²) < 4.78 is 10.4. The molecule has 6 heteroatoms. The third-order valence-corrected chi connectivity index (χ3v) is 5.54. The number of carbonyl (C=O) groups excluding carboxylic acids is 1. The van der Waals surface area contributed by atoms with Gasteiger partial charge in [-0.25, -0.2) is 5.43 Å². The highest BCUT2D eigenvalue weighted by Gasteiger charge is 2.20. The van der Waals surface area contributed by atoms with E-state index in [9.17, 15) is 4.79 Å². The summed E-state index contributed by atoms with van der Waals surface area (Å²) in [6, 6.07) is 7.44. The van der Waals surface area contributed by atoms with Gasteiger partial charge in [-0.05, 0) is 48.9 Å². The summed E-state index contributed by atoms with van der Waals surface area (Å²) in [5, 5.41) is 4.06. The second-order valence-corrected chi connectivity index (χ2v) is 7.39. The molecule has 1 atom stereocenters. The van der Waals surface area contributed by atoms with Crippen LogP contribution in [0.15, 0.2) is 29.4 Å². The molecule has 0 radical (unpaired) electrons. The molecule has 25 heavy (non-hydrogen) atoms. The number of carbonyl (C=O) groups is 1. The first-order valence-corrected chi connectivity index (χ1v) is 9.08. The van der Waals surface area contributed by atoms with Crippen LogP contribution >= 0.6 is 11.3 Å². The largest absolute Gasteiger partial charge is 0.497 e. The summed E-state index contributed by atoms with van der Waals surface area (Å²) in [5.74, 6) is 1.87. The Hall–Kier alpha value is -2.34. The molecule has 2 aromatic rings. The van der Waals surface area contributed by atoms with Crippen molar-refractivity contribution in [2.24, 2.45) is 11.0 Å². The first kappa shape index (κ1) is 17.5. The van der Waals surface area contributed by atoms with Gasteiger partial charge in [0, 0.05) is 16.5 Å². The summed E-state index contributed by atoms with van der Waals surface area (Å²) in [6.45, 7) is 2.26. The molecule has 1 aliphatic carbocycles. The van der Waals surface area contributed by atoms with Crippen molar-refractivity contribution in [3.8, 4) is 11.5 Å². The molecule has 1 aromatic carbocycles. The van der Waals surface area contributed by atoms with Gasteiger partial charge in [0.1, 0.15) is 11.5 Å². The highest BCUT2D eigenvalue weighted by molar-refractivity contribution is 7.14. The normalized spacial score (nSPS) is 16.5. The lowest BCUT2D eigenvalue weighted by Crippen LogP contribution is -2.16. The fourth-order valence-electron chi connectivity index (χ4n) is 2.94. The minimum absolute atomic E-state index is 0.168. The maximum Gasteiger partial charge on any atom is 0.281 e. The van der Waals surface area contributed by atoms with Crippen LogP contribution in [0.2, 0.25) is 0 Å². The molecule has 5 nitrogen and oxygen atoms in total. The first-order valence-electron chi connectivity index (χ1n) is 8.27. The van der Waals surface area contributed by atoms with E-state index in [1.165, 1.54) is 16.9 Å². The fraction of sp³-hybridized carbons (Fsp3) is 0.368. The van der Waals surface area contributed by atoms with Gasteiger partial charge in [-0.15, -0.1) is 11.3 Å². The predicted octanol–water partition coefficient (Wildman–Crippen LogP) is 3.65. The minimum atomic E-state index is -0.168. The number of hydrogen-bond donors (Lipinski definition) is 1. The van der Waals surface area contributed by atoms with Crippen molar-refractivity contribution in [3.05, 3.63) is 45.1 Å². The Balaban J connectivity index is 1.67. The number of methoxy groups -OCH3 is 2. The number of benzene rings is 1. The standard InChI is InChI=1S/C19H22N2O3S/c1-12-4-5-17-14(6-12)9-18(25-17)19(22)21-20-11-13-7-15(23-2)10-16(8-13)24-3/h7-12H,4-6H2,1-3H3,(H,21,22)/b20-11+. The number of nitrogens with one attached hydrogen (secondary N) is 1. The highest BCUT2D eigenvalue weighted by Crippen LogP contribution is 2.32. The van der Waals surface area contributed by atoms with Crippen molar-refractivity contribution in [2.75, 3.05) is 14.2 Å². The zero-order chi connectivity index (χ0) is 17.8. The Bertz CT molecular complexity index is 776. The van der Waals surface area contributed by atoms with E-state index in [2.05, 4.69) is 17.5 Å². The molecule has 1 N–H and O–H groups in total. The lowest BCUT2D eigenvalue weighted by Gasteiger charge is -2.16. The number of amides is 1. The second kappa shape index (κ2) is 7.70. The smallest absolute Gasteiger partial charge is 0.281 e. The molecule has 0 bridgehead atoms. The van der Waals surface area contributed by atoms with Crippen LogP contribution in [0.25, 0.3) is 0 Å². The van der Waals surface area contributed by atoms with Gasteiger partial charge in [-0.1, -0.05) is 6.92 Å². The number of ether oxygens (including phenoxy) is 2. The van der Waals surface area contributed by atoms with E-state index in [4.69, 9.17) is 9.47 Å². The zero-order valence-corrected chi connectivity index (χ0v) is 15.5. The van der Waals surface area contributed by atoms with E-state index >= 15 is 0 Å². The lowest BCUT2D eigenvalue weighted by atomic mass is 9.90. The Morgan fingerprint density at radius 2 is 1.96 bits per heavy atom. The number of fused-ring (bicyclic) bond motifs is 1. The Kier molecular flexibility index (Phi) is 5.38. The van der Waals surface area contributed by atoms with Crippen LogP contribution in [0.1, 0.15) is 39.0 Å². The van der Waals surface area contributed by atoms with Gasteiger partial charge in [0.25, 0.3) is 5.91 Å². The van der Waals surface area contributed by atoms with E-state index in [0.717, 1.165) is 23.3 Å². The van der Waals surface area contributed by atoms with Gasteiger partial charge in [-0.3, -0.25) is 4.79 Å². The van der Waals surface area contributed by atoms with Crippen molar-refractivity contribution in [1.82, 2.24) is 5.43 Å². The summed E-state index contributed by atoms with van der Waals surface area (Å²) in [7, 11) is 3.19. The van der Waals surface area contributed by atoms with Crippen LogP contribution in [0, 0.1) is 5.92 Å². The molecule has 1 heterocycles. The maximum absolute atomic E-state index is 12.3. The number of nitrogens with zero attached hydrogens (tertiary/aromatic N) is 1. The zero-order valence-electron chi connectivity index (χ0n) is 14.7. The van der Waals surface area contributed by atoms with Gasteiger partial charge < -0.3 is 9.47 Å². The van der Waals surface area contributed by atoms with Crippen molar-refractivity contribution in [2.45, 2.75) is 26.2 Å². The average Bonchev–Trinajstić information content (AvgIpc) is 3.04. The molecular formula is C19H22N2O3S. The maximum atomic E-state index is 12.3. The minimum Gasteiger partial charge on any atom is -0.497 e. The molecule has 0 spiro atoms. The van der Waals surface area contributed by atoms with Crippen LogP contribution < -0.4 is 14.9 Å². The SMILES string of the molecule is COc1cc(/C=N/NC(=O)c2cc3c(s2)CCC(C)C3)cc(OC)c1. The molecule has 0 saturated heterocycles. The summed E-state index contributed by atoms with van der Waals surface area (Å²) in [4.78, 5) is 14.4. The van der Waals surface area contributed by atoms with E-state index in [1.807, 2.05) is 18.2 Å². The average molecular weight is 358 g/mol. The number of hydrazone groups is 1. The molecule has 1 unspecified atom stereocenters. The molecule has 0 fully saturated rings. The van der Waals surface area contributed by atoms with E-state index in [-0.39, 0.29) is 5.91 Å². The summed E-state index contributed by atoms with van der Waals surface area (Å²) in [5.41, 5.74) is 4.71. The van der Waals surface area contributed by atoms with Crippen LogP contribution in [-0.2, 0) is 12.8 Å². The Labute approximate surface area is 151 Å². The molecule has 1 aromatic heterocycles. The summed E-state index contributed by atoms with van der Waals surface area (Å²) in [6.07, 6.45) is 4.91. The van der Waals surface area contributed by atoms with E-state index in [1.54, 1.807) is 37.8 Å². The predicted molar refractivity (Wildman–Crippen MR) is 100 cm³/mol. The van der Waals surface area contributed by atoms with Crippen LogP contribution in [-0.4, -0.2) is 26.3 Å². The Morgan fingerprint density at radius 1 is 1.24 bits per heavy atom. The topological polar surface area (TPSA) is 59.9 Å². The number of thiophene rings is 1. The quantitative estimate of drug-likeness (QED) is 0.655. The van der Waals surface area contributed by atoms with Gasteiger partial charge in [0.05, 0.1) is 25.3 Å².